The average Bonchev–Trinajstić information content (AvgIpc) is 2.92. The SMILES string of the molecule is O=C(/C=C/c1cccc(Br)c1)NCC1(CO)CCCC1. The summed E-state index contributed by atoms with van der Waals surface area (Å²) in [7, 11) is 0. The zero-order chi connectivity index (χ0) is 14.4. The number of carbonyl (C=O) groups excluding carboxylic acids is 1. The highest BCUT2D eigenvalue weighted by Crippen LogP contribution is 2.36. The molecule has 0 bridgehead atoms. The molecule has 1 aromatic rings. The summed E-state index contributed by atoms with van der Waals surface area (Å²) in [5.41, 5.74) is 0.881. The van der Waals surface area contributed by atoms with Crippen LogP contribution in [-0.4, -0.2) is 24.2 Å². The van der Waals surface area contributed by atoms with Crippen molar-refractivity contribution < 1.29 is 9.90 Å². The first-order chi connectivity index (χ1) is 9.63. The Morgan fingerprint density at radius 2 is 2.15 bits per heavy atom. The van der Waals surface area contributed by atoms with E-state index in [1.54, 1.807) is 12.2 Å². The van der Waals surface area contributed by atoms with E-state index < -0.39 is 0 Å². The highest BCUT2D eigenvalue weighted by molar-refractivity contribution is 9.10. The smallest absolute Gasteiger partial charge is 0.244 e. The van der Waals surface area contributed by atoms with Gasteiger partial charge in [-0.15, -0.1) is 0 Å². The molecule has 20 heavy (non-hydrogen) atoms. The van der Waals surface area contributed by atoms with Crippen molar-refractivity contribution in [2.45, 2.75) is 25.7 Å². The molecule has 0 radical (unpaired) electrons. The largest absolute Gasteiger partial charge is 0.396 e. The molecule has 0 aliphatic heterocycles. The fourth-order valence-electron chi connectivity index (χ4n) is 2.63. The second kappa shape index (κ2) is 7.04. The maximum absolute atomic E-state index is 11.8. The van der Waals surface area contributed by atoms with Crippen LogP contribution in [0.25, 0.3) is 6.08 Å². The molecule has 0 aromatic heterocycles. The summed E-state index contributed by atoms with van der Waals surface area (Å²) >= 11 is 3.40. The van der Waals surface area contributed by atoms with Crippen LogP contribution in [0.5, 0.6) is 0 Å². The Hall–Kier alpha value is -1.13. The predicted octanol–water partition coefficient (Wildman–Crippen LogP) is 3.13. The minimum atomic E-state index is -0.107. The normalized spacial score (nSPS) is 17.5. The molecule has 1 aromatic carbocycles. The molecule has 1 saturated carbocycles. The fraction of sp³-hybridized carbons (Fsp3) is 0.438. The molecule has 0 spiro atoms. The van der Waals surface area contributed by atoms with Gasteiger partial charge in [0.05, 0.1) is 6.61 Å². The summed E-state index contributed by atoms with van der Waals surface area (Å²) in [6, 6.07) is 7.78. The van der Waals surface area contributed by atoms with Crippen molar-refractivity contribution in [2.24, 2.45) is 5.41 Å². The van der Waals surface area contributed by atoms with Gasteiger partial charge in [-0.3, -0.25) is 4.79 Å². The second-order valence-corrected chi connectivity index (χ2v) is 6.39. The monoisotopic (exact) mass is 337 g/mol. The number of aliphatic hydroxyl groups is 1. The van der Waals surface area contributed by atoms with Gasteiger partial charge in [-0.05, 0) is 36.6 Å². The van der Waals surface area contributed by atoms with Gasteiger partial charge in [-0.2, -0.15) is 0 Å². The van der Waals surface area contributed by atoms with Gasteiger partial charge >= 0.3 is 0 Å². The number of amides is 1. The molecule has 2 N–H and O–H groups in total. The zero-order valence-electron chi connectivity index (χ0n) is 11.4. The Kier molecular flexibility index (Phi) is 5.38. The lowest BCUT2D eigenvalue weighted by Gasteiger charge is -2.26. The van der Waals surface area contributed by atoms with Crippen molar-refractivity contribution in [2.75, 3.05) is 13.2 Å². The van der Waals surface area contributed by atoms with E-state index in [0.717, 1.165) is 35.7 Å². The molecule has 0 atom stereocenters. The van der Waals surface area contributed by atoms with E-state index in [1.165, 1.54) is 0 Å². The number of rotatable bonds is 5. The van der Waals surface area contributed by atoms with Crippen molar-refractivity contribution in [3.63, 3.8) is 0 Å². The van der Waals surface area contributed by atoms with E-state index in [9.17, 15) is 9.90 Å². The molecule has 1 amide bonds. The van der Waals surface area contributed by atoms with E-state index in [2.05, 4.69) is 21.2 Å². The predicted molar refractivity (Wildman–Crippen MR) is 84.2 cm³/mol. The molecular formula is C16H20BrNO2. The molecule has 1 aliphatic carbocycles. The van der Waals surface area contributed by atoms with Gasteiger partial charge in [0.1, 0.15) is 0 Å². The van der Waals surface area contributed by atoms with Crippen LogP contribution in [0.2, 0.25) is 0 Å². The molecule has 108 valence electrons. The van der Waals surface area contributed by atoms with Crippen molar-refractivity contribution >= 4 is 27.9 Å². The summed E-state index contributed by atoms with van der Waals surface area (Å²) in [4.78, 5) is 11.8. The quantitative estimate of drug-likeness (QED) is 0.811. The number of nitrogens with one attached hydrogen (secondary N) is 1. The molecule has 3 nitrogen and oxygen atoms in total. The van der Waals surface area contributed by atoms with E-state index in [0.29, 0.717) is 6.54 Å². The number of hydrogen-bond donors (Lipinski definition) is 2. The van der Waals surface area contributed by atoms with Gasteiger partial charge in [-0.25, -0.2) is 0 Å². The highest BCUT2D eigenvalue weighted by atomic mass is 79.9. The van der Waals surface area contributed by atoms with Crippen LogP contribution < -0.4 is 5.32 Å². The van der Waals surface area contributed by atoms with Gasteiger partial charge in [0.15, 0.2) is 0 Å². The van der Waals surface area contributed by atoms with Gasteiger partial charge in [-0.1, -0.05) is 40.9 Å². The lowest BCUT2D eigenvalue weighted by atomic mass is 9.87. The van der Waals surface area contributed by atoms with Crippen molar-refractivity contribution in [3.05, 3.63) is 40.4 Å². The van der Waals surface area contributed by atoms with Gasteiger partial charge < -0.3 is 10.4 Å². The molecule has 1 aliphatic rings. The summed E-state index contributed by atoms with van der Waals surface area (Å²) in [5.74, 6) is -0.107. The third-order valence-electron chi connectivity index (χ3n) is 3.91. The number of benzene rings is 1. The molecular weight excluding hydrogens is 318 g/mol. The zero-order valence-corrected chi connectivity index (χ0v) is 13.0. The molecule has 0 unspecified atom stereocenters. The van der Waals surface area contributed by atoms with E-state index in [-0.39, 0.29) is 17.9 Å². The van der Waals surface area contributed by atoms with E-state index >= 15 is 0 Å². The standard InChI is InChI=1S/C16H20BrNO2/c17-14-5-3-4-13(10-14)6-7-15(20)18-11-16(12-19)8-1-2-9-16/h3-7,10,19H,1-2,8-9,11-12H2,(H,18,20)/b7-6+. The molecule has 2 rings (SSSR count). The average molecular weight is 338 g/mol. The number of halogens is 1. The van der Waals surface area contributed by atoms with Crippen LogP contribution in [0.3, 0.4) is 0 Å². The van der Waals surface area contributed by atoms with Crippen LogP contribution in [-0.2, 0) is 4.79 Å². The van der Waals surface area contributed by atoms with Crippen LogP contribution in [0, 0.1) is 5.41 Å². The van der Waals surface area contributed by atoms with Crippen LogP contribution in [0.1, 0.15) is 31.2 Å². The third kappa shape index (κ3) is 4.18. The maximum atomic E-state index is 11.8. The topological polar surface area (TPSA) is 49.3 Å². The minimum Gasteiger partial charge on any atom is -0.396 e. The van der Waals surface area contributed by atoms with Gasteiger partial charge in [0.25, 0.3) is 0 Å². The first kappa shape index (κ1) is 15.3. The Labute approximate surface area is 128 Å². The lowest BCUT2D eigenvalue weighted by Crippen LogP contribution is -2.37. The van der Waals surface area contributed by atoms with Crippen molar-refractivity contribution in [1.82, 2.24) is 5.32 Å². The number of aliphatic hydroxyl groups excluding tert-OH is 1. The van der Waals surface area contributed by atoms with Crippen molar-refractivity contribution in [3.8, 4) is 0 Å². The Balaban J connectivity index is 1.86. The van der Waals surface area contributed by atoms with E-state index in [4.69, 9.17) is 0 Å². The maximum Gasteiger partial charge on any atom is 0.244 e. The first-order valence-corrected chi connectivity index (χ1v) is 7.75. The number of hydrogen-bond acceptors (Lipinski definition) is 2. The van der Waals surface area contributed by atoms with Gasteiger partial charge in [0.2, 0.25) is 5.91 Å². The summed E-state index contributed by atoms with van der Waals surface area (Å²) in [6.45, 7) is 0.716. The molecule has 0 heterocycles. The van der Waals surface area contributed by atoms with Crippen LogP contribution in [0.15, 0.2) is 34.8 Å². The van der Waals surface area contributed by atoms with E-state index in [1.807, 2.05) is 24.3 Å². The summed E-state index contributed by atoms with van der Waals surface area (Å²) < 4.78 is 0.991. The molecule has 0 saturated heterocycles. The summed E-state index contributed by atoms with van der Waals surface area (Å²) in [6.07, 6.45) is 7.62. The first-order valence-electron chi connectivity index (χ1n) is 6.96. The summed E-state index contributed by atoms with van der Waals surface area (Å²) in [5, 5.41) is 12.4. The van der Waals surface area contributed by atoms with Crippen LogP contribution >= 0.6 is 15.9 Å². The molecule has 4 heteroatoms. The molecule has 1 fully saturated rings. The Morgan fingerprint density at radius 3 is 2.80 bits per heavy atom. The van der Waals surface area contributed by atoms with Crippen molar-refractivity contribution in [1.29, 1.82) is 0 Å². The lowest BCUT2D eigenvalue weighted by molar-refractivity contribution is -0.117. The fourth-order valence-corrected chi connectivity index (χ4v) is 3.05. The minimum absolute atomic E-state index is 0.0979. The highest BCUT2D eigenvalue weighted by Gasteiger charge is 2.33. The second-order valence-electron chi connectivity index (χ2n) is 5.47. The van der Waals surface area contributed by atoms with Gasteiger partial charge in [0, 0.05) is 22.5 Å². The Morgan fingerprint density at radius 1 is 1.40 bits per heavy atom. The number of carbonyl (C=O) groups is 1. The van der Waals surface area contributed by atoms with Crippen LogP contribution in [0.4, 0.5) is 0 Å². The third-order valence-corrected chi connectivity index (χ3v) is 4.41. The Bertz CT molecular complexity index is 493.